The zero-order valence-corrected chi connectivity index (χ0v) is 11.0. The minimum Gasteiger partial charge on any atom is -0.458 e. The highest BCUT2D eigenvalue weighted by atomic mass is 35.5. The molecular weight excluding hydrogens is 259 g/mol. The highest BCUT2D eigenvalue weighted by Crippen LogP contribution is 2.34. The summed E-state index contributed by atoms with van der Waals surface area (Å²) in [6, 6.07) is 7.06. The number of rotatable bonds is 2. The van der Waals surface area contributed by atoms with Gasteiger partial charge in [-0.05, 0) is 43.7 Å². The average Bonchev–Trinajstić information content (AvgIpc) is 2.72. The van der Waals surface area contributed by atoms with Crippen LogP contribution in [0.2, 0.25) is 10.0 Å². The summed E-state index contributed by atoms with van der Waals surface area (Å²) in [5, 5.41) is 10.6. The summed E-state index contributed by atoms with van der Waals surface area (Å²) in [5.41, 5.74) is 1.65. The lowest BCUT2D eigenvalue weighted by molar-refractivity contribution is 0.170. The molecule has 17 heavy (non-hydrogen) atoms. The van der Waals surface area contributed by atoms with Crippen molar-refractivity contribution in [3.63, 3.8) is 0 Å². The van der Waals surface area contributed by atoms with Gasteiger partial charge >= 0.3 is 0 Å². The Bertz CT molecular complexity index is 544. The van der Waals surface area contributed by atoms with Crippen molar-refractivity contribution in [3.05, 3.63) is 45.6 Å². The molecule has 2 nitrogen and oxygen atoms in total. The third kappa shape index (κ3) is 2.49. The number of aryl methyl sites for hydroxylation is 1. The Morgan fingerprint density at radius 1 is 1.18 bits per heavy atom. The number of furan rings is 1. The minimum absolute atomic E-state index is 0.507. The Hall–Kier alpha value is -0.960. The van der Waals surface area contributed by atoms with Crippen molar-refractivity contribution < 1.29 is 9.52 Å². The van der Waals surface area contributed by atoms with Crippen LogP contribution >= 0.6 is 23.2 Å². The van der Waals surface area contributed by atoms with E-state index in [0.717, 1.165) is 11.1 Å². The highest BCUT2D eigenvalue weighted by molar-refractivity contribution is 6.35. The first-order chi connectivity index (χ1) is 7.99. The predicted octanol–water partition coefficient (Wildman–Crippen LogP) is 4.62. The third-order valence-corrected chi connectivity index (χ3v) is 3.27. The molecule has 0 fully saturated rings. The Balaban J connectivity index is 2.49. The van der Waals surface area contributed by atoms with Crippen molar-refractivity contribution >= 4 is 23.2 Å². The fourth-order valence-corrected chi connectivity index (χ4v) is 2.03. The summed E-state index contributed by atoms with van der Waals surface area (Å²) in [6.45, 7) is 3.54. The monoisotopic (exact) mass is 270 g/mol. The Labute approximate surface area is 110 Å². The van der Waals surface area contributed by atoms with E-state index in [2.05, 4.69) is 0 Å². The molecule has 0 radical (unpaired) electrons. The molecule has 0 saturated heterocycles. The first-order valence-corrected chi connectivity index (χ1v) is 5.98. The molecule has 0 aliphatic heterocycles. The maximum Gasteiger partial charge on any atom is 0.135 e. The molecule has 1 heterocycles. The lowest BCUT2D eigenvalue weighted by Crippen LogP contribution is -1.86. The number of aliphatic hydroxyl groups is 1. The van der Waals surface area contributed by atoms with Gasteiger partial charge in [0.25, 0.3) is 0 Å². The second-order valence-electron chi connectivity index (χ2n) is 3.96. The van der Waals surface area contributed by atoms with Crippen LogP contribution in [0.5, 0.6) is 0 Å². The lowest BCUT2D eigenvalue weighted by Gasteiger charge is -2.05. The summed E-state index contributed by atoms with van der Waals surface area (Å²) in [4.78, 5) is 0. The van der Waals surface area contributed by atoms with Crippen LogP contribution in [0.4, 0.5) is 0 Å². The van der Waals surface area contributed by atoms with E-state index < -0.39 is 6.10 Å². The molecule has 0 amide bonds. The summed E-state index contributed by atoms with van der Waals surface area (Å²) in [6.07, 6.45) is -0.636. The lowest BCUT2D eigenvalue weighted by atomic mass is 10.1. The van der Waals surface area contributed by atoms with Gasteiger partial charge in [-0.1, -0.05) is 23.2 Å². The molecule has 4 heteroatoms. The first kappa shape index (κ1) is 12.5. The molecule has 0 aliphatic rings. The molecule has 90 valence electrons. The molecule has 2 rings (SSSR count). The Morgan fingerprint density at radius 3 is 2.47 bits per heavy atom. The maximum absolute atomic E-state index is 9.40. The van der Waals surface area contributed by atoms with Gasteiger partial charge in [-0.25, -0.2) is 0 Å². The smallest absolute Gasteiger partial charge is 0.135 e. The van der Waals surface area contributed by atoms with E-state index in [1.807, 2.05) is 6.92 Å². The zero-order valence-electron chi connectivity index (χ0n) is 9.50. The number of halogens is 2. The summed E-state index contributed by atoms with van der Waals surface area (Å²) in [5.74, 6) is 1.11. The van der Waals surface area contributed by atoms with Crippen LogP contribution < -0.4 is 0 Å². The van der Waals surface area contributed by atoms with E-state index in [1.54, 1.807) is 31.2 Å². The highest BCUT2D eigenvalue weighted by Gasteiger charge is 2.12. The van der Waals surface area contributed by atoms with Crippen molar-refractivity contribution in [2.75, 3.05) is 0 Å². The van der Waals surface area contributed by atoms with E-state index in [-0.39, 0.29) is 0 Å². The molecule has 1 atom stereocenters. The first-order valence-electron chi connectivity index (χ1n) is 5.23. The largest absolute Gasteiger partial charge is 0.458 e. The van der Waals surface area contributed by atoms with E-state index in [4.69, 9.17) is 27.6 Å². The van der Waals surface area contributed by atoms with Gasteiger partial charge in [0.2, 0.25) is 0 Å². The van der Waals surface area contributed by atoms with Crippen LogP contribution in [0.1, 0.15) is 24.4 Å². The van der Waals surface area contributed by atoms with Gasteiger partial charge < -0.3 is 9.52 Å². The van der Waals surface area contributed by atoms with Crippen molar-refractivity contribution in [2.45, 2.75) is 20.0 Å². The molecule has 0 saturated carbocycles. The van der Waals surface area contributed by atoms with Crippen molar-refractivity contribution in [2.24, 2.45) is 0 Å². The normalized spacial score (nSPS) is 12.8. The van der Waals surface area contributed by atoms with Crippen LogP contribution in [-0.4, -0.2) is 5.11 Å². The van der Waals surface area contributed by atoms with Gasteiger partial charge in [-0.3, -0.25) is 0 Å². The van der Waals surface area contributed by atoms with E-state index >= 15 is 0 Å². The van der Waals surface area contributed by atoms with Crippen LogP contribution in [0.15, 0.2) is 28.7 Å². The summed E-state index contributed by atoms with van der Waals surface area (Å²) in [7, 11) is 0. The molecule has 0 aliphatic carbocycles. The molecule has 1 N–H and O–H groups in total. The molecule has 2 aromatic rings. The molecule has 1 unspecified atom stereocenters. The molecule has 0 spiro atoms. The fourth-order valence-electron chi connectivity index (χ4n) is 1.56. The number of hydrogen-bond acceptors (Lipinski definition) is 2. The van der Waals surface area contributed by atoms with Crippen molar-refractivity contribution in [3.8, 4) is 11.3 Å². The number of hydrogen-bond donors (Lipinski definition) is 1. The van der Waals surface area contributed by atoms with Gasteiger partial charge in [0.1, 0.15) is 17.6 Å². The van der Waals surface area contributed by atoms with E-state index in [1.165, 1.54) is 0 Å². The second kappa shape index (κ2) is 4.73. The van der Waals surface area contributed by atoms with Crippen LogP contribution in [0, 0.1) is 6.92 Å². The van der Waals surface area contributed by atoms with Gasteiger partial charge in [-0.15, -0.1) is 0 Å². The molecule has 1 aromatic heterocycles. The molecule has 0 bridgehead atoms. The van der Waals surface area contributed by atoms with Crippen molar-refractivity contribution in [1.82, 2.24) is 0 Å². The predicted molar refractivity (Wildman–Crippen MR) is 69.5 cm³/mol. The quantitative estimate of drug-likeness (QED) is 0.864. The zero-order chi connectivity index (χ0) is 12.6. The van der Waals surface area contributed by atoms with Gasteiger partial charge in [0.05, 0.1) is 5.02 Å². The summed E-state index contributed by atoms with van der Waals surface area (Å²) < 4.78 is 5.51. The van der Waals surface area contributed by atoms with E-state index in [0.29, 0.717) is 21.6 Å². The van der Waals surface area contributed by atoms with Gasteiger partial charge in [-0.2, -0.15) is 0 Å². The number of benzene rings is 1. The minimum atomic E-state index is -0.636. The van der Waals surface area contributed by atoms with Crippen LogP contribution in [0.3, 0.4) is 0 Å². The van der Waals surface area contributed by atoms with Crippen LogP contribution in [-0.2, 0) is 0 Å². The number of aliphatic hydroxyl groups excluding tert-OH is 1. The van der Waals surface area contributed by atoms with Crippen LogP contribution in [0.25, 0.3) is 11.3 Å². The van der Waals surface area contributed by atoms with Gasteiger partial charge in [0, 0.05) is 10.6 Å². The molecule has 1 aromatic carbocycles. The Morgan fingerprint density at radius 2 is 1.88 bits per heavy atom. The van der Waals surface area contributed by atoms with Crippen molar-refractivity contribution in [1.29, 1.82) is 0 Å². The Kier molecular flexibility index (Phi) is 3.48. The summed E-state index contributed by atoms with van der Waals surface area (Å²) >= 11 is 12.2. The third-order valence-electron chi connectivity index (χ3n) is 2.55. The topological polar surface area (TPSA) is 33.4 Å². The standard InChI is InChI=1S/C13H12Cl2O2/c1-7-5-11(15)9(6-10(7)14)13-4-3-12(17-13)8(2)16/h3-6,8,16H,1-2H3. The molecular formula is C13H12Cl2O2. The fraction of sp³-hybridized carbons (Fsp3) is 0.231. The second-order valence-corrected chi connectivity index (χ2v) is 4.77. The average molecular weight is 271 g/mol. The van der Waals surface area contributed by atoms with E-state index in [9.17, 15) is 5.11 Å². The SMILES string of the molecule is Cc1cc(Cl)c(-c2ccc(C(C)O)o2)cc1Cl. The van der Waals surface area contributed by atoms with Gasteiger partial charge in [0.15, 0.2) is 0 Å². The maximum atomic E-state index is 9.40.